The molecular formula is C47H42N4O7. The van der Waals surface area contributed by atoms with Gasteiger partial charge in [-0.15, -0.1) is 0 Å². The van der Waals surface area contributed by atoms with Crippen molar-refractivity contribution in [3.05, 3.63) is 155 Å². The topological polar surface area (TPSA) is 141 Å². The predicted molar refractivity (Wildman–Crippen MR) is 218 cm³/mol. The quantitative estimate of drug-likeness (QED) is 0.118. The average molecular weight is 775 g/mol. The summed E-state index contributed by atoms with van der Waals surface area (Å²) in [5.74, 6) is 3.18. The third-order valence-corrected chi connectivity index (χ3v) is 11.8. The summed E-state index contributed by atoms with van der Waals surface area (Å²) in [5.41, 5.74) is 3.59. The summed E-state index contributed by atoms with van der Waals surface area (Å²) in [4.78, 5) is 49.9. The number of nitrogens with one attached hydrogen (secondary N) is 2. The van der Waals surface area contributed by atoms with E-state index in [1.165, 1.54) is 0 Å². The molecule has 9 rings (SSSR count). The summed E-state index contributed by atoms with van der Waals surface area (Å²) in [6.45, 7) is 2.66. The monoisotopic (exact) mass is 774 g/mol. The second-order valence-electron chi connectivity index (χ2n) is 15.0. The van der Waals surface area contributed by atoms with Crippen LogP contribution in [0, 0.1) is 17.8 Å². The molecule has 0 aliphatic carbocycles. The van der Waals surface area contributed by atoms with Gasteiger partial charge in [0.2, 0.25) is 11.8 Å². The van der Waals surface area contributed by atoms with Crippen LogP contribution in [0.1, 0.15) is 52.4 Å². The molecule has 4 aliphatic heterocycles. The Hall–Kier alpha value is -6.45. The largest absolute Gasteiger partial charge is 0.508 e. The van der Waals surface area contributed by atoms with Gasteiger partial charge in [0.25, 0.3) is 0 Å². The molecule has 0 unspecified atom stereocenters. The molecule has 0 bridgehead atoms. The Labute approximate surface area is 336 Å². The zero-order valence-corrected chi connectivity index (χ0v) is 31.6. The summed E-state index contributed by atoms with van der Waals surface area (Å²) in [6, 6.07) is 35.9. The molecule has 3 fully saturated rings. The van der Waals surface area contributed by atoms with Gasteiger partial charge in [-0.3, -0.25) is 19.3 Å². The zero-order chi connectivity index (χ0) is 39.8. The number of cyclic esters (lactones) is 1. The molecule has 4 aliphatic rings. The number of carbonyl (C=O) groups excluding carboxylic acids is 3. The van der Waals surface area contributed by atoms with Crippen LogP contribution in [0.2, 0.25) is 0 Å². The van der Waals surface area contributed by atoms with Crippen LogP contribution >= 0.6 is 0 Å². The summed E-state index contributed by atoms with van der Waals surface area (Å²) >= 11 is 0. The molecule has 11 heteroatoms. The first-order valence-electron chi connectivity index (χ1n) is 19.5. The second kappa shape index (κ2) is 15.5. The van der Waals surface area contributed by atoms with Gasteiger partial charge >= 0.3 is 5.97 Å². The molecule has 292 valence electrons. The Kier molecular flexibility index (Phi) is 9.91. The second-order valence-corrected chi connectivity index (χ2v) is 15.0. The van der Waals surface area contributed by atoms with E-state index in [0.29, 0.717) is 41.3 Å². The third kappa shape index (κ3) is 6.36. The van der Waals surface area contributed by atoms with Crippen molar-refractivity contribution in [2.24, 2.45) is 5.92 Å². The number of hydrogen-bond donors (Lipinski definition) is 4. The van der Waals surface area contributed by atoms with E-state index in [9.17, 15) is 15.0 Å². The normalized spacial score (nSPS) is 24.9. The minimum atomic E-state index is -1.71. The van der Waals surface area contributed by atoms with Gasteiger partial charge < -0.3 is 35.2 Å². The molecule has 4 heterocycles. The van der Waals surface area contributed by atoms with Gasteiger partial charge in [0.05, 0.1) is 37.8 Å². The van der Waals surface area contributed by atoms with Crippen molar-refractivity contribution in [3.8, 4) is 17.6 Å². The van der Waals surface area contributed by atoms with Gasteiger partial charge in [-0.2, -0.15) is 0 Å². The Bertz CT molecular complexity index is 2390. The van der Waals surface area contributed by atoms with Crippen LogP contribution in [0.3, 0.4) is 0 Å². The number of ether oxygens (including phenoxy) is 2. The number of phenols is 1. The average Bonchev–Trinajstić information content (AvgIpc) is 3.74. The van der Waals surface area contributed by atoms with Gasteiger partial charge in [0.1, 0.15) is 23.3 Å². The fourth-order valence-corrected chi connectivity index (χ4v) is 9.35. The predicted octanol–water partition coefficient (Wildman–Crippen LogP) is 5.87. The van der Waals surface area contributed by atoms with Gasteiger partial charge in [-0.25, -0.2) is 0 Å². The van der Waals surface area contributed by atoms with E-state index in [0.717, 1.165) is 29.9 Å². The Morgan fingerprint density at radius 1 is 0.828 bits per heavy atom. The number of morpholine rings is 2. The van der Waals surface area contributed by atoms with Crippen LogP contribution in [-0.2, 0) is 29.3 Å². The number of carbonyl (C=O) groups is 3. The summed E-state index contributed by atoms with van der Waals surface area (Å²) in [5, 5.41) is 26.2. The lowest BCUT2D eigenvalue weighted by atomic mass is 9.65. The number of benzene rings is 5. The van der Waals surface area contributed by atoms with Crippen LogP contribution < -0.4 is 15.5 Å². The molecule has 0 aromatic heterocycles. The van der Waals surface area contributed by atoms with E-state index < -0.39 is 53.3 Å². The highest BCUT2D eigenvalue weighted by Gasteiger charge is 2.74. The maximum atomic E-state index is 15.4. The van der Waals surface area contributed by atoms with Crippen LogP contribution in [0.15, 0.2) is 127 Å². The van der Waals surface area contributed by atoms with Crippen LogP contribution in [0.5, 0.6) is 5.75 Å². The number of fused-ring (bicyclic) bond motifs is 3. The van der Waals surface area contributed by atoms with Crippen LogP contribution in [0.25, 0.3) is 0 Å². The number of phenolic OH excluding ortho intramolecular Hbond substituents is 1. The SMILES string of the molecule is O=C1O[C@@H](c2ccccc2)[C@@H](c2ccccc2)N2[C@@H](c3ccc(O)cc3)[C@]3(C(=O)Nc4ccc(C#CCCO)cc43)[C@@H](C(=O)Nc3ccc(N4CCOCC4)cc3)[C@H]12. The maximum Gasteiger partial charge on any atom is 0.324 e. The van der Waals surface area contributed by atoms with E-state index in [4.69, 9.17) is 9.47 Å². The highest BCUT2D eigenvalue weighted by molar-refractivity contribution is 6.13. The van der Waals surface area contributed by atoms with E-state index in [1.54, 1.807) is 36.4 Å². The molecule has 5 aromatic carbocycles. The lowest BCUT2D eigenvalue weighted by molar-refractivity contribution is -0.177. The molecular weight excluding hydrogens is 733 g/mol. The minimum Gasteiger partial charge on any atom is -0.508 e. The summed E-state index contributed by atoms with van der Waals surface area (Å²) in [7, 11) is 0. The molecule has 0 radical (unpaired) electrons. The molecule has 4 N–H and O–H groups in total. The van der Waals surface area contributed by atoms with Crippen molar-refractivity contribution >= 4 is 34.8 Å². The maximum absolute atomic E-state index is 15.4. The molecule has 11 nitrogen and oxygen atoms in total. The number of amides is 2. The number of hydrogen-bond acceptors (Lipinski definition) is 9. The Morgan fingerprint density at radius 2 is 1.52 bits per heavy atom. The van der Waals surface area contributed by atoms with Gasteiger partial charge in [0, 0.05) is 42.1 Å². The first kappa shape index (κ1) is 37.1. The van der Waals surface area contributed by atoms with Crippen molar-refractivity contribution in [2.75, 3.05) is 48.4 Å². The molecule has 58 heavy (non-hydrogen) atoms. The van der Waals surface area contributed by atoms with Crippen molar-refractivity contribution in [1.29, 1.82) is 0 Å². The Morgan fingerprint density at radius 3 is 2.21 bits per heavy atom. The molecule has 5 aromatic rings. The van der Waals surface area contributed by atoms with Crippen LogP contribution in [0.4, 0.5) is 17.1 Å². The van der Waals surface area contributed by atoms with Gasteiger partial charge in [-0.05, 0) is 76.9 Å². The fraction of sp³-hybridized carbons (Fsp3) is 0.255. The lowest BCUT2D eigenvalue weighted by Gasteiger charge is -2.46. The van der Waals surface area contributed by atoms with E-state index in [-0.39, 0.29) is 18.8 Å². The van der Waals surface area contributed by atoms with E-state index >= 15 is 9.59 Å². The summed E-state index contributed by atoms with van der Waals surface area (Å²) < 4.78 is 12.0. The molecule has 1 spiro atoms. The minimum absolute atomic E-state index is 0.0275. The molecule has 0 saturated carbocycles. The van der Waals surface area contributed by atoms with E-state index in [1.807, 2.05) is 95.9 Å². The number of nitrogens with zero attached hydrogens (tertiary/aromatic N) is 2. The molecule has 2 amide bonds. The van der Waals surface area contributed by atoms with Gasteiger partial charge in [-0.1, -0.05) is 84.6 Å². The first-order valence-corrected chi connectivity index (χ1v) is 19.5. The number of aliphatic hydroxyl groups is 1. The number of aromatic hydroxyl groups is 1. The Balaban J connectivity index is 1.27. The zero-order valence-electron chi connectivity index (χ0n) is 31.6. The number of esters is 1. The smallest absolute Gasteiger partial charge is 0.324 e. The molecule has 6 atom stereocenters. The van der Waals surface area contributed by atoms with Crippen molar-refractivity contribution in [2.45, 2.75) is 36.1 Å². The fourth-order valence-electron chi connectivity index (χ4n) is 9.35. The van der Waals surface area contributed by atoms with E-state index in [2.05, 4.69) is 27.4 Å². The number of aliphatic hydroxyl groups excluding tert-OH is 1. The van der Waals surface area contributed by atoms with Crippen LogP contribution in [-0.4, -0.2) is 71.8 Å². The van der Waals surface area contributed by atoms with Crippen molar-refractivity contribution < 1.29 is 34.1 Å². The van der Waals surface area contributed by atoms with Crippen molar-refractivity contribution in [1.82, 2.24) is 4.90 Å². The third-order valence-electron chi connectivity index (χ3n) is 11.8. The first-order chi connectivity index (χ1) is 28.4. The number of rotatable bonds is 7. The highest BCUT2D eigenvalue weighted by Crippen LogP contribution is 2.65. The highest BCUT2D eigenvalue weighted by atomic mass is 16.6. The standard InChI is InChI=1S/C47H42N4O7/c52-26-8-7-9-30-14-23-38-37(29-30)47(46(56)49-38)39(44(54)48-34-17-19-35(20-18-34)50-24-27-57-28-25-50)41-45(55)58-42(32-12-5-2-6-13-32)40(31-10-3-1-4-11-31)51(41)43(47)33-15-21-36(53)22-16-33/h1-6,10-23,29,39-43,52-53H,8,24-28H2,(H,48,54)(H,49,56)/t39-,40-,41-,42+,43+,47-/m1/s1. The number of anilines is 3. The van der Waals surface area contributed by atoms with Crippen molar-refractivity contribution in [3.63, 3.8) is 0 Å². The summed E-state index contributed by atoms with van der Waals surface area (Å²) in [6.07, 6.45) is -0.551. The molecule has 3 saturated heterocycles. The van der Waals surface area contributed by atoms with Gasteiger partial charge in [0.15, 0.2) is 0 Å². The lowest BCUT2D eigenvalue weighted by Crippen LogP contribution is -2.53.